The summed E-state index contributed by atoms with van der Waals surface area (Å²) in [6.45, 7) is 10.7. The summed E-state index contributed by atoms with van der Waals surface area (Å²) < 4.78 is 19.7. The maximum absolute atomic E-state index is 13.8. The van der Waals surface area contributed by atoms with Crippen molar-refractivity contribution in [1.82, 2.24) is 5.32 Å². The van der Waals surface area contributed by atoms with Gasteiger partial charge in [-0.3, -0.25) is 0 Å². The molecule has 0 unspecified atom stereocenters. The van der Waals surface area contributed by atoms with Crippen LogP contribution >= 0.6 is 15.9 Å². The largest absolute Gasteiger partial charge is 0.444 e. The molecule has 105 valence electrons. The summed E-state index contributed by atoms with van der Waals surface area (Å²) in [7, 11) is 0. The first kappa shape index (κ1) is 16.0. The lowest BCUT2D eigenvalue weighted by atomic mass is 9.94. The summed E-state index contributed by atoms with van der Waals surface area (Å²) in [5, 5.41) is 2.56. The van der Waals surface area contributed by atoms with Crippen LogP contribution in [0.2, 0.25) is 0 Å². The zero-order chi connectivity index (χ0) is 14.8. The standard InChI is InChI=1S/C14H18BrFNO2/c1-13(2,3)19-12(18)17-14(4,5)10-8-9(15)6-7-11(10)16/h6-8H,4H2,1-3,5H3,(H,17,18)/t14-/m1/s1. The van der Waals surface area contributed by atoms with Crippen molar-refractivity contribution in [2.45, 2.75) is 38.8 Å². The van der Waals surface area contributed by atoms with Crippen molar-refractivity contribution in [3.8, 4) is 0 Å². The summed E-state index contributed by atoms with van der Waals surface area (Å²) in [5.41, 5.74) is -1.45. The average molecular weight is 331 g/mol. The van der Waals surface area contributed by atoms with Crippen molar-refractivity contribution >= 4 is 22.0 Å². The Morgan fingerprint density at radius 1 is 1.37 bits per heavy atom. The molecule has 1 rings (SSSR count). The third-order valence-corrected chi connectivity index (χ3v) is 2.79. The highest BCUT2D eigenvalue weighted by Crippen LogP contribution is 2.26. The van der Waals surface area contributed by atoms with E-state index in [4.69, 9.17) is 4.74 Å². The summed E-state index contributed by atoms with van der Waals surface area (Å²) in [4.78, 5) is 11.7. The van der Waals surface area contributed by atoms with Crippen molar-refractivity contribution in [3.63, 3.8) is 0 Å². The van der Waals surface area contributed by atoms with Crippen molar-refractivity contribution in [2.24, 2.45) is 0 Å². The molecule has 0 saturated heterocycles. The molecule has 19 heavy (non-hydrogen) atoms. The van der Waals surface area contributed by atoms with Crippen molar-refractivity contribution in [2.75, 3.05) is 0 Å². The number of amides is 1. The Hall–Kier alpha value is -1.10. The molecule has 0 saturated carbocycles. The Morgan fingerprint density at radius 2 is 1.95 bits per heavy atom. The number of hydrogen-bond acceptors (Lipinski definition) is 2. The predicted molar refractivity (Wildman–Crippen MR) is 76.2 cm³/mol. The van der Waals surface area contributed by atoms with Crippen molar-refractivity contribution in [1.29, 1.82) is 0 Å². The molecule has 0 aliphatic rings. The van der Waals surface area contributed by atoms with E-state index in [2.05, 4.69) is 28.2 Å². The molecule has 0 heterocycles. The number of nitrogens with one attached hydrogen (secondary N) is 1. The molecule has 1 aromatic carbocycles. The zero-order valence-corrected chi connectivity index (χ0v) is 13.1. The SMILES string of the molecule is [CH2][C@](C)(NC(=O)OC(C)(C)C)c1cc(Br)ccc1F. The number of carbonyl (C=O) groups excluding carboxylic acids is 1. The number of alkyl carbamates (subject to hydrolysis) is 1. The topological polar surface area (TPSA) is 38.3 Å². The second-order valence-electron chi connectivity index (χ2n) is 5.58. The molecule has 1 N–H and O–H groups in total. The highest BCUT2D eigenvalue weighted by atomic mass is 79.9. The van der Waals surface area contributed by atoms with Crippen LogP contribution in [0.3, 0.4) is 0 Å². The van der Waals surface area contributed by atoms with Gasteiger partial charge >= 0.3 is 6.09 Å². The fraction of sp³-hybridized carbons (Fsp3) is 0.429. The van der Waals surface area contributed by atoms with E-state index in [1.54, 1.807) is 39.8 Å². The third-order valence-electron chi connectivity index (χ3n) is 2.30. The van der Waals surface area contributed by atoms with Gasteiger partial charge in [0.1, 0.15) is 11.4 Å². The van der Waals surface area contributed by atoms with Crippen LogP contribution in [-0.4, -0.2) is 11.7 Å². The van der Waals surface area contributed by atoms with Crippen molar-refractivity contribution < 1.29 is 13.9 Å². The van der Waals surface area contributed by atoms with E-state index in [9.17, 15) is 9.18 Å². The van der Waals surface area contributed by atoms with E-state index < -0.39 is 23.1 Å². The number of benzene rings is 1. The Bertz CT molecular complexity index is 481. The molecule has 1 amide bonds. The molecule has 0 fully saturated rings. The summed E-state index contributed by atoms with van der Waals surface area (Å²) in [6.07, 6.45) is -0.635. The lowest BCUT2D eigenvalue weighted by Crippen LogP contribution is -2.44. The van der Waals surface area contributed by atoms with Crippen LogP contribution in [0.15, 0.2) is 22.7 Å². The smallest absolute Gasteiger partial charge is 0.408 e. The molecule has 1 atom stereocenters. The molecule has 1 radical (unpaired) electrons. The van der Waals surface area contributed by atoms with Crippen LogP contribution in [0.5, 0.6) is 0 Å². The van der Waals surface area contributed by atoms with Gasteiger partial charge < -0.3 is 10.1 Å². The second kappa shape index (κ2) is 5.49. The number of halogens is 2. The lowest BCUT2D eigenvalue weighted by Gasteiger charge is -2.29. The van der Waals surface area contributed by atoms with Gasteiger partial charge in [-0.15, -0.1) is 0 Å². The van der Waals surface area contributed by atoms with Gasteiger partial charge in [0.25, 0.3) is 0 Å². The Balaban J connectivity index is 2.92. The van der Waals surface area contributed by atoms with Crippen molar-refractivity contribution in [3.05, 3.63) is 41.0 Å². The Kier molecular flexibility index (Phi) is 4.61. The normalized spacial score (nSPS) is 12.2. The van der Waals surface area contributed by atoms with Crippen LogP contribution in [-0.2, 0) is 10.3 Å². The van der Waals surface area contributed by atoms with Gasteiger partial charge in [-0.25, -0.2) is 9.18 Å². The Morgan fingerprint density at radius 3 is 2.47 bits per heavy atom. The first-order chi connectivity index (χ1) is 8.51. The molecule has 0 aliphatic heterocycles. The average Bonchev–Trinajstić information content (AvgIpc) is 2.17. The van der Waals surface area contributed by atoms with Crippen LogP contribution < -0.4 is 5.32 Å². The molecule has 3 nitrogen and oxygen atoms in total. The summed E-state index contributed by atoms with van der Waals surface area (Å²) in [5.74, 6) is -0.434. The van der Waals surface area contributed by atoms with Gasteiger partial charge in [0.05, 0.1) is 5.54 Å². The quantitative estimate of drug-likeness (QED) is 0.884. The summed E-state index contributed by atoms with van der Waals surface area (Å²) in [6, 6.07) is 4.49. The van der Waals surface area contributed by atoms with Crippen LogP contribution in [0, 0.1) is 12.7 Å². The first-order valence-corrected chi connectivity index (χ1v) is 6.62. The minimum absolute atomic E-state index is 0.285. The van der Waals surface area contributed by atoms with Gasteiger partial charge in [-0.1, -0.05) is 15.9 Å². The van der Waals surface area contributed by atoms with Gasteiger partial charge in [0, 0.05) is 10.0 Å². The number of rotatable bonds is 2. The van der Waals surface area contributed by atoms with E-state index >= 15 is 0 Å². The fourth-order valence-electron chi connectivity index (χ4n) is 1.52. The zero-order valence-electron chi connectivity index (χ0n) is 11.5. The van der Waals surface area contributed by atoms with Gasteiger partial charge in [-0.2, -0.15) is 0 Å². The number of ether oxygens (including phenoxy) is 1. The molecule has 0 spiro atoms. The predicted octanol–water partition coefficient (Wildman–Crippen LogP) is 4.16. The number of carbonyl (C=O) groups is 1. The third kappa shape index (κ3) is 4.82. The van der Waals surface area contributed by atoms with E-state index in [1.807, 2.05) is 0 Å². The molecule has 0 aliphatic carbocycles. The second-order valence-corrected chi connectivity index (χ2v) is 6.50. The van der Waals surface area contributed by atoms with Crippen LogP contribution in [0.1, 0.15) is 33.3 Å². The minimum Gasteiger partial charge on any atom is -0.444 e. The van der Waals surface area contributed by atoms with Gasteiger partial charge in [-0.05, 0) is 52.8 Å². The van der Waals surface area contributed by atoms with Crippen LogP contribution in [0.4, 0.5) is 9.18 Å². The summed E-state index contributed by atoms with van der Waals surface area (Å²) >= 11 is 3.27. The molecule has 0 aromatic heterocycles. The maximum atomic E-state index is 13.8. The lowest BCUT2D eigenvalue weighted by molar-refractivity contribution is 0.0480. The molecule has 0 bridgehead atoms. The monoisotopic (exact) mass is 330 g/mol. The minimum atomic E-state index is -1.11. The molecule has 1 aromatic rings. The first-order valence-electron chi connectivity index (χ1n) is 5.83. The maximum Gasteiger partial charge on any atom is 0.408 e. The van der Waals surface area contributed by atoms with Gasteiger partial charge in [0.15, 0.2) is 0 Å². The Labute approximate surface area is 121 Å². The van der Waals surface area contributed by atoms with Gasteiger partial charge in [0.2, 0.25) is 0 Å². The van der Waals surface area contributed by atoms with E-state index in [1.165, 1.54) is 6.07 Å². The van der Waals surface area contributed by atoms with E-state index in [0.29, 0.717) is 4.47 Å². The van der Waals surface area contributed by atoms with E-state index in [-0.39, 0.29) is 5.56 Å². The molecular formula is C14H18BrFNO2. The number of hydrogen-bond donors (Lipinski definition) is 1. The highest BCUT2D eigenvalue weighted by Gasteiger charge is 2.28. The molecular weight excluding hydrogens is 313 g/mol. The highest BCUT2D eigenvalue weighted by molar-refractivity contribution is 9.10. The fourth-order valence-corrected chi connectivity index (χ4v) is 1.88. The van der Waals surface area contributed by atoms with E-state index in [0.717, 1.165) is 0 Å². The molecule has 5 heteroatoms. The van der Waals surface area contributed by atoms with Crippen LogP contribution in [0.25, 0.3) is 0 Å².